The zero-order valence-corrected chi connectivity index (χ0v) is 20.0. The highest BCUT2D eigenvalue weighted by Crippen LogP contribution is 2.24. The Morgan fingerprint density at radius 3 is 2.43 bits per heavy atom. The maximum atomic E-state index is 13.4. The molecule has 0 aliphatic heterocycles. The van der Waals surface area contributed by atoms with Crippen molar-refractivity contribution < 1.29 is 22.7 Å². The molecule has 0 radical (unpaired) electrons. The van der Waals surface area contributed by atoms with Gasteiger partial charge in [-0.3, -0.25) is 9.59 Å². The average molecular weight is 493 g/mol. The minimum atomic E-state index is -4.16. The van der Waals surface area contributed by atoms with Gasteiger partial charge in [-0.05, 0) is 55.5 Å². The number of methoxy groups -OCH3 is 1. The van der Waals surface area contributed by atoms with Gasteiger partial charge in [0, 0.05) is 23.3 Å². The molecule has 4 rings (SSSR count). The highest BCUT2D eigenvalue weighted by molar-refractivity contribution is 7.91. The average Bonchev–Trinajstić information content (AvgIpc) is 2.86. The van der Waals surface area contributed by atoms with E-state index >= 15 is 0 Å². The fourth-order valence-electron chi connectivity index (χ4n) is 3.71. The van der Waals surface area contributed by atoms with Crippen molar-refractivity contribution in [3.63, 3.8) is 0 Å². The Labute approximate surface area is 202 Å². The van der Waals surface area contributed by atoms with Crippen LogP contribution in [0.25, 0.3) is 10.9 Å². The van der Waals surface area contributed by atoms with Gasteiger partial charge in [-0.1, -0.05) is 18.2 Å². The number of carbonyl (C=O) groups excluding carboxylic acids is 1. The first-order valence-corrected chi connectivity index (χ1v) is 12.4. The molecular weight excluding hydrogens is 468 g/mol. The molecule has 0 aliphatic rings. The molecular formula is C26H24N2O6S. The molecule has 0 saturated carbocycles. The summed E-state index contributed by atoms with van der Waals surface area (Å²) >= 11 is 0. The summed E-state index contributed by atoms with van der Waals surface area (Å²) in [5.74, 6) is 0.716. The van der Waals surface area contributed by atoms with Gasteiger partial charge in [0.1, 0.15) is 22.9 Å². The van der Waals surface area contributed by atoms with Crippen LogP contribution < -0.4 is 20.2 Å². The topological polar surface area (TPSA) is 104 Å². The molecule has 1 N–H and O–H groups in total. The Kier molecular flexibility index (Phi) is 6.88. The first kappa shape index (κ1) is 24.0. The van der Waals surface area contributed by atoms with Gasteiger partial charge in [0.25, 0.3) is 0 Å². The van der Waals surface area contributed by atoms with Crippen LogP contribution in [0, 0.1) is 0 Å². The Morgan fingerprint density at radius 2 is 1.71 bits per heavy atom. The predicted octanol–water partition coefficient (Wildman–Crippen LogP) is 3.88. The number of nitrogens with one attached hydrogen (secondary N) is 1. The maximum absolute atomic E-state index is 13.4. The van der Waals surface area contributed by atoms with E-state index in [4.69, 9.17) is 9.47 Å². The Bertz CT molecular complexity index is 1540. The van der Waals surface area contributed by atoms with Gasteiger partial charge >= 0.3 is 0 Å². The Morgan fingerprint density at radius 1 is 0.971 bits per heavy atom. The quantitative estimate of drug-likeness (QED) is 0.400. The molecule has 0 fully saturated rings. The van der Waals surface area contributed by atoms with Crippen molar-refractivity contribution in [2.24, 2.45) is 0 Å². The third kappa shape index (κ3) is 5.04. The van der Waals surface area contributed by atoms with E-state index in [2.05, 4.69) is 5.32 Å². The molecule has 1 heterocycles. The van der Waals surface area contributed by atoms with Crippen LogP contribution in [0.4, 0.5) is 5.69 Å². The van der Waals surface area contributed by atoms with Crippen LogP contribution in [0.15, 0.2) is 93.6 Å². The number of nitrogens with zero attached hydrogens (tertiary/aromatic N) is 1. The number of sulfone groups is 1. The number of hydrogen-bond donors (Lipinski definition) is 1. The van der Waals surface area contributed by atoms with Crippen molar-refractivity contribution in [3.8, 4) is 11.5 Å². The van der Waals surface area contributed by atoms with Crippen LogP contribution in [0.1, 0.15) is 6.92 Å². The van der Waals surface area contributed by atoms with Crippen molar-refractivity contribution >= 4 is 32.3 Å². The zero-order valence-electron chi connectivity index (χ0n) is 19.2. The molecule has 9 heteroatoms. The zero-order chi connectivity index (χ0) is 25.0. The van der Waals surface area contributed by atoms with Gasteiger partial charge in [-0.15, -0.1) is 0 Å². The van der Waals surface area contributed by atoms with Crippen molar-refractivity contribution in [1.82, 2.24) is 4.57 Å². The van der Waals surface area contributed by atoms with E-state index in [1.54, 1.807) is 48.5 Å². The second kappa shape index (κ2) is 10.0. The largest absolute Gasteiger partial charge is 0.497 e. The first-order chi connectivity index (χ1) is 16.8. The SMILES string of the molecule is CCOc1ccc(S(=O)(=O)c2cn(CC(=O)Nc3cccc(OC)c3)c3ccccc3c2=O)cc1. The third-order valence-electron chi connectivity index (χ3n) is 5.36. The van der Waals surface area contributed by atoms with Crippen LogP contribution in [0.2, 0.25) is 0 Å². The molecule has 3 aromatic carbocycles. The summed E-state index contributed by atoms with van der Waals surface area (Å²) in [6.45, 7) is 2.07. The molecule has 0 aliphatic carbocycles. The van der Waals surface area contributed by atoms with Crippen molar-refractivity contribution in [2.75, 3.05) is 19.0 Å². The molecule has 0 unspecified atom stereocenters. The van der Waals surface area contributed by atoms with Gasteiger partial charge < -0.3 is 19.4 Å². The van der Waals surface area contributed by atoms with Crippen LogP contribution in [-0.4, -0.2) is 32.6 Å². The lowest BCUT2D eigenvalue weighted by Crippen LogP contribution is -2.23. The molecule has 1 amide bonds. The maximum Gasteiger partial charge on any atom is 0.244 e. The molecule has 4 aromatic rings. The highest BCUT2D eigenvalue weighted by atomic mass is 32.2. The van der Waals surface area contributed by atoms with Crippen molar-refractivity contribution in [1.29, 1.82) is 0 Å². The standard InChI is InChI=1S/C26H24N2O6S/c1-3-34-19-11-13-21(14-12-19)35(31,32)24-16-28(23-10-5-4-9-22(23)26(24)30)17-25(29)27-18-7-6-8-20(15-18)33-2/h4-16H,3,17H2,1-2H3,(H,27,29). The Balaban J connectivity index is 1.74. The number of pyridine rings is 1. The third-order valence-corrected chi connectivity index (χ3v) is 7.12. The molecule has 1 aromatic heterocycles. The number of fused-ring (bicyclic) bond motifs is 1. The van der Waals surface area contributed by atoms with Crippen molar-refractivity contribution in [2.45, 2.75) is 23.3 Å². The van der Waals surface area contributed by atoms with E-state index < -0.39 is 26.1 Å². The molecule has 0 atom stereocenters. The molecule has 0 spiro atoms. The summed E-state index contributed by atoms with van der Waals surface area (Å²) in [7, 11) is -2.63. The van der Waals surface area contributed by atoms with Gasteiger partial charge in [0.15, 0.2) is 0 Å². The van der Waals surface area contributed by atoms with Gasteiger partial charge in [0.05, 0.1) is 24.1 Å². The minimum absolute atomic E-state index is 0.0410. The summed E-state index contributed by atoms with van der Waals surface area (Å²) in [6, 6.07) is 19.3. The Hall–Kier alpha value is -4.11. The number of benzene rings is 3. The lowest BCUT2D eigenvalue weighted by Gasteiger charge is -2.14. The summed E-state index contributed by atoms with van der Waals surface area (Å²) in [6.07, 6.45) is 1.22. The molecule has 35 heavy (non-hydrogen) atoms. The minimum Gasteiger partial charge on any atom is -0.497 e. The second-order valence-electron chi connectivity index (χ2n) is 7.66. The van der Waals surface area contributed by atoms with E-state index in [9.17, 15) is 18.0 Å². The van der Waals surface area contributed by atoms with Gasteiger partial charge in [0.2, 0.25) is 21.2 Å². The number of hydrogen-bond acceptors (Lipinski definition) is 6. The summed E-state index contributed by atoms with van der Waals surface area (Å²) < 4.78 is 38.8. The number of ether oxygens (including phenoxy) is 2. The van der Waals surface area contributed by atoms with E-state index in [-0.39, 0.29) is 16.8 Å². The number of anilines is 1. The van der Waals surface area contributed by atoms with E-state index in [0.717, 1.165) is 0 Å². The van der Waals surface area contributed by atoms with Crippen LogP contribution in [0.3, 0.4) is 0 Å². The molecule has 8 nitrogen and oxygen atoms in total. The van der Waals surface area contributed by atoms with Crippen LogP contribution in [0.5, 0.6) is 11.5 Å². The number of amides is 1. The smallest absolute Gasteiger partial charge is 0.244 e. The predicted molar refractivity (Wildman–Crippen MR) is 133 cm³/mol. The number of rotatable bonds is 8. The molecule has 0 saturated heterocycles. The van der Waals surface area contributed by atoms with Crippen LogP contribution >= 0.6 is 0 Å². The number of carbonyl (C=O) groups is 1. The number of aromatic nitrogens is 1. The normalized spacial score (nSPS) is 11.3. The van der Waals surface area contributed by atoms with E-state index in [1.807, 2.05) is 6.92 Å². The molecule has 0 bridgehead atoms. The van der Waals surface area contributed by atoms with Crippen LogP contribution in [-0.2, 0) is 21.2 Å². The monoisotopic (exact) mass is 492 g/mol. The lowest BCUT2D eigenvalue weighted by molar-refractivity contribution is -0.116. The first-order valence-electron chi connectivity index (χ1n) is 10.9. The summed E-state index contributed by atoms with van der Waals surface area (Å²) in [5, 5.41) is 2.97. The van der Waals surface area contributed by atoms with E-state index in [0.29, 0.717) is 29.3 Å². The highest BCUT2D eigenvalue weighted by Gasteiger charge is 2.24. The van der Waals surface area contributed by atoms with Gasteiger partial charge in [-0.2, -0.15) is 0 Å². The lowest BCUT2D eigenvalue weighted by atomic mass is 10.2. The van der Waals surface area contributed by atoms with Crippen molar-refractivity contribution in [3.05, 3.63) is 89.2 Å². The number of para-hydroxylation sites is 1. The van der Waals surface area contributed by atoms with Gasteiger partial charge in [-0.25, -0.2) is 8.42 Å². The fraction of sp³-hybridized carbons (Fsp3) is 0.154. The fourth-order valence-corrected chi connectivity index (χ4v) is 5.07. The summed E-state index contributed by atoms with van der Waals surface area (Å²) in [4.78, 5) is 25.6. The molecule has 180 valence electrons. The summed E-state index contributed by atoms with van der Waals surface area (Å²) in [5.41, 5.74) is 0.352. The second-order valence-corrected chi connectivity index (χ2v) is 9.57. The van der Waals surface area contributed by atoms with E-state index in [1.165, 1.54) is 42.1 Å².